The van der Waals surface area contributed by atoms with Crippen molar-refractivity contribution >= 4 is 203 Å². The van der Waals surface area contributed by atoms with E-state index in [4.69, 9.17) is 58.1 Å². The third-order valence-electron chi connectivity index (χ3n) is 23.4. The van der Waals surface area contributed by atoms with Gasteiger partial charge in [-0.2, -0.15) is 0 Å². The number of rotatable bonds is 34. The van der Waals surface area contributed by atoms with Crippen molar-refractivity contribution in [2.45, 2.75) is 242 Å². The monoisotopic (exact) mass is 2030 g/mol. The van der Waals surface area contributed by atoms with Crippen LogP contribution in [0, 0.1) is 0 Å². The lowest BCUT2D eigenvalue weighted by molar-refractivity contribution is -0.0400. The number of thioether (sulfide) groups is 4. The van der Waals surface area contributed by atoms with E-state index in [2.05, 4.69) is 169 Å². The second-order valence-corrected chi connectivity index (χ2v) is 64.3. The van der Waals surface area contributed by atoms with Gasteiger partial charge in [0.25, 0.3) is 0 Å². The number of aliphatic hydroxyl groups is 10. The van der Waals surface area contributed by atoms with Crippen LogP contribution >= 0.6 is 81.5 Å². The summed E-state index contributed by atoms with van der Waals surface area (Å²) in [6, 6.07) is 8.46. The van der Waals surface area contributed by atoms with Gasteiger partial charge in [-0.3, -0.25) is 22.8 Å². The molecule has 0 aromatic carbocycles. The van der Waals surface area contributed by atoms with Crippen LogP contribution in [0.1, 0.15) is 129 Å². The molecule has 15 heterocycles. The summed E-state index contributed by atoms with van der Waals surface area (Å²) in [5, 5.41) is 109. The lowest BCUT2D eigenvalue weighted by Crippen LogP contribution is -2.32. The Balaban J connectivity index is 0.000000161. The third-order valence-corrected chi connectivity index (χ3v) is 34.8. The summed E-state index contributed by atoms with van der Waals surface area (Å²) in [5.41, 5.74) is 44.3. The number of hydrogen-bond acceptors (Lipinski definition) is 35. The first-order valence-corrected chi connectivity index (χ1v) is 64.6. The molecule has 0 bridgehead atoms. The van der Waals surface area contributed by atoms with Gasteiger partial charge in [-0.05, 0) is 185 Å². The molecule has 0 amide bonds. The van der Waals surface area contributed by atoms with Crippen molar-refractivity contribution in [2.24, 2.45) is 0 Å². The first-order valence-electron chi connectivity index (χ1n) is 45.4. The maximum Gasteiger partial charge on any atom is 0.204 e. The molecule has 5 aliphatic rings. The smallest absolute Gasteiger partial charge is 0.204 e. The van der Waals surface area contributed by atoms with Crippen LogP contribution in [-0.2, 0) is 23.7 Å². The molecule has 20 atom stereocenters. The van der Waals surface area contributed by atoms with Crippen LogP contribution in [0.5, 0.6) is 0 Å². The number of hydrogen-bond donors (Lipinski definition) is 16. The summed E-state index contributed by atoms with van der Waals surface area (Å²) in [6.45, 7) is 23.7. The molecule has 22 N–H and O–H groups in total. The lowest BCUT2D eigenvalue weighted by atomic mass is 10.1. The van der Waals surface area contributed by atoms with E-state index in [1.54, 1.807) is 115 Å². The Kier molecular flexibility index (Phi) is 37.9. The predicted molar refractivity (Wildman–Crippen MR) is 564 cm³/mol. The van der Waals surface area contributed by atoms with Crippen LogP contribution < -0.4 is 34.4 Å². The molecule has 15 rings (SSSR count). The van der Waals surface area contributed by atoms with Gasteiger partial charge < -0.3 is 109 Å². The second-order valence-electron chi connectivity index (χ2n) is 38.3. The van der Waals surface area contributed by atoms with Gasteiger partial charge in [0.1, 0.15) is 88.6 Å². The summed E-state index contributed by atoms with van der Waals surface area (Å²) in [5.74, 6) is 3.62. The highest BCUT2D eigenvalue weighted by molar-refractivity contribution is 7.99. The molecular formula is C89H144N21O15P5S4. The predicted octanol–water partition coefficient (Wildman–Crippen LogP) is 10.0. The van der Waals surface area contributed by atoms with E-state index < -0.39 is 157 Å². The highest BCUT2D eigenvalue weighted by Crippen LogP contribution is 2.49. The van der Waals surface area contributed by atoms with Crippen LogP contribution in [0.4, 0.5) is 34.4 Å². The van der Waals surface area contributed by atoms with Gasteiger partial charge in [-0.15, -0.1) is 65.9 Å². The van der Waals surface area contributed by atoms with Gasteiger partial charge in [0.15, 0.2) is 80.0 Å². The maximum absolute atomic E-state index is 10.8. The third kappa shape index (κ3) is 26.7. The molecule has 744 valence electrons. The summed E-state index contributed by atoms with van der Waals surface area (Å²) in [6.07, 6.45) is 27.1. The molecule has 45 heteroatoms. The molecule has 5 aliphatic heterocycles. The van der Waals surface area contributed by atoms with Crippen molar-refractivity contribution in [3.05, 3.63) is 61.3 Å². The Morgan fingerprint density at radius 2 is 0.522 bits per heavy atom. The first-order chi connectivity index (χ1) is 63.1. The fourth-order valence-electron chi connectivity index (χ4n) is 16.0. The van der Waals surface area contributed by atoms with E-state index in [9.17, 15) is 51.1 Å². The summed E-state index contributed by atoms with van der Waals surface area (Å²) in [4.78, 5) is 44.7. The number of nitrogens with zero attached hydrogens (tertiary/aromatic N) is 15. The van der Waals surface area contributed by atoms with Crippen molar-refractivity contribution < 1.29 is 74.7 Å². The van der Waals surface area contributed by atoms with Crippen LogP contribution in [0.25, 0.3) is 55.8 Å². The normalized spacial score (nSPS) is 26.2. The van der Waals surface area contributed by atoms with Gasteiger partial charge >= 0.3 is 0 Å². The molecule has 36 nitrogen and oxygen atoms in total. The molecular weight excluding hydrogens is 1890 g/mol. The zero-order chi connectivity index (χ0) is 98.1. The molecule has 0 spiro atoms. The molecule has 134 heavy (non-hydrogen) atoms. The SMILES string of the molecule is C=P(C)(C)CCC1OC(n2c(N)nc3c(N)ccnc32)[C@H](O)[C@@H]1O.C=P(C)(C)CCC1OC(n2c(SCC)nc3c(N)ccnc32)[C@H](O)[C@@H]1O.C=P(C)(C)CCC1OC(n2c(SCCC)nc3c(N)ccnc32)[C@H](O)[C@@H]1O.C=P(C)(C)CCC1OC(n2c(SCCCC)nc3c(N)ccnc32)[C@H](O)[C@@H]1O.C=P(C)(C)CCC1OC(n2c(SCCCCC)nc3c(N)ccnc32)[C@H](O)[C@@H]1O. The molecule has 5 fully saturated rings. The Morgan fingerprint density at radius 1 is 0.299 bits per heavy atom. The van der Waals surface area contributed by atoms with Crippen LogP contribution in [0.2, 0.25) is 0 Å². The number of nitrogens with two attached hydrogens (primary N) is 6. The first kappa shape index (κ1) is 109. The van der Waals surface area contributed by atoms with Crippen LogP contribution in [-0.4, -0.2) is 367 Å². The number of anilines is 6. The average molecular weight is 2030 g/mol. The molecule has 10 aromatic rings. The number of pyridine rings is 5. The number of aliphatic hydroxyl groups excluding tert-OH is 10. The Hall–Kier alpha value is -5.80. The number of fused-ring (bicyclic) bond motifs is 5. The summed E-state index contributed by atoms with van der Waals surface area (Å²) >= 11 is 6.30. The van der Waals surface area contributed by atoms with E-state index in [1.165, 1.54) is 16.3 Å². The van der Waals surface area contributed by atoms with Gasteiger partial charge in [-0.25, -0.2) is 49.8 Å². The minimum absolute atomic E-state index is 0.136. The van der Waals surface area contributed by atoms with Gasteiger partial charge in [0.2, 0.25) is 5.95 Å². The van der Waals surface area contributed by atoms with Crippen LogP contribution in [0.3, 0.4) is 0 Å². The van der Waals surface area contributed by atoms with Crippen molar-refractivity contribution in [2.75, 3.05) is 155 Å². The summed E-state index contributed by atoms with van der Waals surface area (Å²) < 4.78 is 39.0. The number of nitrogen functional groups attached to an aromatic ring is 6. The number of imidazole rings is 5. The minimum atomic E-state index is -1.25. The van der Waals surface area contributed by atoms with E-state index in [0.717, 1.165) is 92.3 Å². The van der Waals surface area contributed by atoms with Crippen molar-refractivity contribution in [1.82, 2.24) is 72.7 Å². The highest BCUT2D eigenvalue weighted by Gasteiger charge is 2.51. The Morgan fingerprint density at radius 3 is 0.761 bits per heavy atom. The van der Waals surface area contributed by atoms with E-state index in [0.29, 0.717) is 137 Å². The number of aromatic nitrogens is 15. The Labute approximate surface area is 803 Å². The topological polar surface area (TPSA) is 558 Å². The molecule has 5 saturated heterocycles. The van der Waals surface area contributed by atoms with Crippen molar-refractivity contribution in [3.63, 3.8) is 0 Å². The van der Waals surface area contributed by atoms with Gasteiger partial charge in [-0.1, -0.05) is 94.0 Å². The molecule has 0 aliphatic carbocycles. The largest absolute Gasteiger partial charge is 0.397 e. The Bertz CT molecular complexity index is 5870. The quantitative estimate of drug-likeness (QED) is 0.0101. The molecule has 10 aromatic heterocycles. The number of unbranched alkanes of at least 4 members (excludes halogenated alkanes) is 3. The maximum atomic E-state index is 10.8. The minimum Gasteiger partial charge on any atom is -0.397 e. The van der Waals surface area contributed by atoms with E-state index >= 15 is 0 Å². The molecule has 0 saturated carbocycles. The van der Waals surface area contributed by atoms with E-state index in [1.807, 2.05) is 6.92 Å². The lowest BCUT2D eigenvalue weighted by Gasteiger charge is -2.20. The zero-order valence-electron chi connectivity index (χ0n) is 79.6. The van der Waals surface area contributed by atoms with Crippen LogP contribution in [0.15, 0.2) is 81.9 Å². The second kappa shape index (κ2) is 46.7. The standard InChI is InChI=1S/C20H33N4O3PS.C19H31N4O3PS.C18H29N4O3PS.C17H27N4O3PS.C15H24N5O3P/c1-5-6-7-12-29-20-23-15-13(21)8-10-22-18(15)24(20)19-17(26)16(25)14(27-19)9-11-28(2,3)4;1-5-6-11-28-19-22-14-12(20)7-9-21-17(14)23(19)18-16(25)15(24)13(26-18)8-10-27(2,3)4;1-5-10-27-18-21-13-11(19)6-8-20-16(13)22(18)17-15(24)14(23)12(25-17)7-9-26(2,3)4;1-5-26-17-20-12-10(18)6-8-19-15(12)21(17)16-14(23)13(22)11(24-16)7-9-25(2,3)4;1-24(2,3)7-5-9-11(21)12(22)14(23-9)20-13-10(19-15(20)17)8(16)4-6-18-13/h8,10,14,16-17,19,25-26H,2,5-7,9,11-12H2,1,3-4H3,(H2,21,22);7,9,13,15-16,18,24-25H,2,5-6,8,10-11H2,1,3-4H3,(H2,20,21);6,8,12,14-15,17,23-24H,2,5,7,9-10H2,1,3-4H3,(H2,19,20);6,8,11,13-14,16,22-23H,2,5,7,9H2,1,3-4H3,(H2,18,19);4,6,9,11-12,14,21-22H,1,5,7H2,2-3H3,(H2,16,18)(H2,17,19)/t14?,16-,17-,19?;13?,15-,16-,18?;12?,14-,15-,17?;11?,13-,14-,16?;9?,11-,12-,14?/m11111/s1. The van der Waals surface area contributed by atoms with Crippen molar-refractivity contribution in [1.29, 1.82) is 0 Å². The molecule has 0 radical (unpaired) electrons. The summed E-state index contributed by atoms with van der Waals surface area (Å²) in [7, 11) is 0. The fourth-order valence-corrected chi connectivity index (χ4v) is 24.5. The van der Waals surface area contributed by atoms with Gasteiger partial charge in [0, 0.05) is 48.2 Å². The number of ether oxygens (including phenoxy) is 5. The fraction of sp³-hybridized carbons (Fsp3) is 0.607. The van der Waals surface area contributed by atoms with E-state index in [-0.39, 0.29) is 5.95 Å². The van der Waals surface area contributed by atoms with Gasteiger partial charge in [0.05, 0.1) is 59.0 Å². The average Bonchev–Trinajstić information content (AvgIpc) is 1.61. The van der Waals surface area contributed by atoms with Crippen molar-refractivity contribution in [3.8, 4) is 0 Å². The zero-order valence-corrected chi connectivity index (χ0v) is 87.3. The molecule has 10 unspecified atom stereocenters. The highest BCUT2D eigenvalue weighted by atomic mass is 32.2.